The molecule has 5 aliphatic heterocycles. The lowest BCUT2D eigenvalue weighted by molar-refractivity contribution is 0.0808. The maximum Gasteiger partial charge on any atom is 0.318 e. The van der Waals surface area contributed by atoms with Crippen LogP contribution in [0.4, 0.5) is 15.9 Å². The fourth-order valence-corrected chi connectivity index (χ4v) is 10.3. The number of phenolic OH excluding ortho intramolecular Hbond substituents is 1. The summed E-state index contributed by atoms with van der Waals surface area (Å²) in [6.07, 6.45) is 8.48. The standard InChI is InChI=1S/C34H40BrFN6O2/c35-26-5-1-4-21-14-24(43)15-28(30(21)26)40-13-9-25-27(18-40)38-32(39-31(25)41-16-22-7-8-23(17-41)37-22)44-20-33-10-3-12-42(33)29-6-2-11-34(29,36)19-33/h1,4-5,14-15,22-23,29,37,43H,2-3,6-13,16-20H2/t22?,23?,29-,33+,34+/m1/s1. The van der Waals surface area contributed by atoms with E-state index >= 15 is 4.39 Å². The van der Waals surface area contributed by atoms with Crippen molar-refractivity contribution >= 4 is 38.2 Å². The average Bonchev–Trinajstić information content (AvgIpc) is 3.73. The van der Waals surface area contributed by atoms with E-state index in [0.717, 1.165) is 90.7 Å². The molecule has 0 amide bonds. The van der Waals surface area contributed by atoms with Crippen LogP contribution in [0.2, 0.25) is 0 Å². The number of aromatic hydroxyl groups is 1. The second kappa shape index (κ2) is 10.2. The SMILES string of the molecule is Oc1cc(N2CCc3c(nc(OC[C@@]45CCCN4[C@@H]4CCC[C@]4(F)C5)nc3N3CC4CCC(C3)N4)C2)c2c(Br)cccc2c1. The number of fused-ring (bicyclic) bond motifs is 7. The molecule has 5 fully saturated rings. The Balaban J connectivity index is 1.07. The van der Waals surface area contributed by atoms with E-state index in [2.05, 4.69) is 42.0 Å². The minimum atomic E-state index is -1.08. The van der Waals surface area contributed by atoms with Gasteiger partial charge in [-0.15, -0.1) is 0 Å². The first-order valence-corrected chi connectivity index (χ1v) is 17.3. The van der Waals surface area contributed by atoms with Gasteiger partial charge < -0.3 is 25.0 Å². The summed E-state index contributed by atoms with van der Waals surface area (Å²) in [4.78, 5) is 17.4. The van der Waals surface area contributed by atoms with Gasteiger partial charge in [-0.3, -0.25) is 4.90 Å². The molecule has 6 heterocycles. The second-order valence-corrected chi connectivity index (χ2v) is 15.1. The largest absolute Gasteiger partial charge is 0.508 e. The molecule has 2 bridgehead atoms. The van der Waals surface area contributed by atoms with E-state index in [1.54, 1.807) is 0 Å². The van der Waals surface area contributed by atoms with Gasteiger partial charge in [0.05, 0.1) is 17.8 Å². The summed E-state index contributed by atoms with van der Waals surface area (Å²) < 4.78 is 23.6. The number of nitrogens with one attached hydrogen (secondary N) is 1. The monoisotopic (exact) mass is 662 g/mol. The molecule has 1 saturated carbocycles. The minimum absolute atomic E-state index is 0.0370. The summed E-state index contributed by atoms with van der Waals surface area (Å²) in [6.45, 7) is 4.69. The van der Waals surface area contributed by atoms with Crippen LogP contribution in [0.5, 0.6) is 11.8 Å². The molecule has 8 nitrogen and oxygen atoms in total. The molecule has 10 heteroatoms. The molecule has 3 aromatic rings. The molecule has 0 radical (unpaired) electrons. The third kappa shape index (κ3) is 4.34. The van der Waals surface area contributed by atoms with Gasteiger partial charge in [-0.25, -0.2) is 4.39 Å². The van der Waals surface area contributed by atoms with Gasteiger partial charge in [0.25, 0.3) is 0 Å². The molecular formula is C34H40BrFN6O2. The first-order valence-electron chi connectivity index (χ1n) is 16.5. The first kappa shape index (κ1) is 27.6. The summed E-state index contributed by atoms with van der Waals surface area (Å²) in [5.74, 6) is 1.27. The number of anilines is 2. The Labute approximate surface area is 266 Å². The highest BCUT2D eigenvalue weighted by molar-refractivity contribution is 9.10. The highest BCUT2D eigenvalue weighted by Gasteiger charge is 2.63. The molecule has 44 heavy (non-hydrogen) atoms. The average molecular weight is 664 g/mol. The van der Waals surface area contributed by atoms with E-state index in [1.165, 1.54) is 18.4 Å². The van der Waals surface area contributed by atoms with Gasteiger partial charge in [-0.1, -0.05) is 28.1 Å². The lowest BCUT2D eigenvalue weighted by Gasteiger charge is -2.38. The molecule has 0 spiro atoms. The van der Waals surface area contributed by atoms with Gasteiger partial charge >= 0.3 is 6.01 Å². The van der Waals surface area contributed by atoms with Crippen molar-refractivity contribution in [2.45, 2.75) is 93.7 Å². The van der Waals surface area contributed by atoms with Crippen LogP contribution in [-0.4, -0.2) is 82.1 Å². The zero-order valence-corrected chi connectivity index (χ0v) is 26.7. The van der Waals surface area contributed by atoms with Crippen molar-refractivity contribution < 1.29 is 14.2 Å². The number of hydrogen-bond acceptors (Lipinski definition) is 8. The Morgan fingerprint density at radius 2 is 1.91 bits per heavy atom. The number of aromatic nitrogens is 2. The molecule has 1 aliphatic carbocycles. The Hall–Kier alpha value is -2.69. The quantitative estimate of drug-likeness (QED) is 0.372. The van der Waals surface area contributed by atoms with Crippen molar-refractivity contribution in [2.24, 2.45) is 0 Å². The molecular weight excluding hydrogens is 623 g/mol. The fraction of sp³-hybridized carbons (Fsp3) is 0.588. The summed E-state index contributed by atoms with van der Waals surface area (Å²) in [5, 5.41) is 16.5. The molecule has 2 aromatic carbocycles. The maximum atomic E-state index is 16.0. The van der Waals surface area contributed by atoms with Gasteiger partial charge in [0.1, 0.15) is 23.8 Å². The molecule has 5 atom stereocenters. The molecule has 1 aromatic heterocycles. The fourth-order valence-electron chi connectivity index (χ4n) is 9.73. The van der Waals surface area contributed by atoms with Gasteiger partial charge in [0.2, 0.25) is 0 Å². The van der Waals surface area contributed by atoms with Crippen molar-refractivity contribution in [3.63, 3.8) is 0 Å². The molecule has 9 rings (SSSR count). The summed E-state index contributed by atoms with van der Waals surface area (Å²) in [5.41, 5.74) is 1.84. The summed E-state index contributed by atoms with van der Waals surface area (Å²) in [6, 6.07) is 11.2. The minimum Gasteiger partial charge on any atom is -0.508 e. The molecule has 4 saturated heterocycles. The van der Waals surface area contributed by atoms with Crippen LogP contribution in [-0.2, 0) is 13.0 Å². The second-order valence-electron chi connectivity index (χ2n) is 14.2. The van der Waals surface area contributed by atoms with E-state index in [4.69, 9.17) is 14.7 Å². The third-order valence-corrected chi connectivity index (χ3v) is 12.2. The Kier molecular flexibility index (Phi) is 6.37. The number of rotatable bonds is 5. The molecule has 2 N–H and O–H groups in total. The first-order chi connectivity index (χ1) is 21.4. The molecule has 2 unspecified atom stereocenters. The number of halogens is 2. The predicted molar refractivity (Wildman–Crippen MR) is 173 cm³/mol. The van der Waals surface area contributed by atoms with E-state index in [1.807, 2.05) is 24.3 Å². The summed E-state index contributed by atoms with van der Waals surface area (Å²) in [7, 11) is 0. The Morgan fingerprint density at radius 3 is 2.77 bits per heavy atom. The van der Waals surface area contributed by atoms with Crippen LogP contribution < -0.4 is 19.9 Å². The van der Waals surface area contributed by atoms with Gasteiger partial charge in [0, 0.05) is 71.4 Å². The smallest absolute Gasteiger partial charge is 0.318 e. The van der Waals surface area contributed by atoms with Crippen molar-refractivity contribution in [2.75, 3.05) is 42.6 Å². The third-order valence-electron chi connectivity index (χ3n) is 11.6. The normalized spacial score (nSPS) is 32.7. The Morgan fingerprint density at radius 1 is 1.05 bits per heavy atom. The predicted octanol–water partition coefficient (Wildman–Crippen LogP) is 5.48. The zero-order chi connectivity index (χ0) is 29.6. The number of ether oxygens (including phenoxy) is 1. The number of hydrogen-bond donors (Lipinski definition) is 2. The van der Waals surface area contributed by atoms with Crippen LogP contribution in [0.15, 0.2) is 34.8 Å². The maximum absolute atomic E-state index is 16.0. The van der Waals surface area contributed by atoms with Crippen LogP contribution in [0.25, 0.3) is 10.8 Å². The zero-order valence-electron chi connectivity index (χ0n) is 25.1. The van der Waals surface area contributed by atoms with Crippen molar-refractivity contribution in [3.8, 4) is 11.8 Å². The number of piperazine rings is 1. The van der Waals surface area contributed by atoms with Crippen LogP contribution >= 0.6 is 15.9 Å². The highest BCUT2D eigenvalue weighted by atomic mass is 79.9. The van der Waals surface area contributed by atoms with E-state index in [-0.39, 0.29) is 17.3 Å². The molecule has 6 aliphatic rings. The number of benzene rings is 2. The summed E-state index contributed by atoms with van der Waals surface area (Å²) >= 11 is 3.76. The van der Waals surface area contributed by atoms with Crippen molar-refractivity contribution in [1.82, 2.24) is 20.2 Å². The van der Waals surface area contributed by atoms with Crippen molar-refractivity contribution in [1.29, 1.82) is 0 Å². The van der Waals surface area contributed by atoms with Gasteiger partial charge in [0.15, 0.2) is 0 Å². The number of phenols is 1. The van der Waals surface area contributed by atoms with E-state index in [0.29, 0.717) is 44.1 Å². The van der Waals surface area contributed by atoms with Gasteiger partial charge in [-0.05, 0) is 75.4 Å². The number of alkyl halides is 1. The highest BCUT2D eigenvalue weighted by Crippen LogP contribution is 2.55. The molecule has 232 valence electrons. The van der Waals surface area contributed by atoms with E-state index in [9.17, 15) is 5.11 Å². The van der Waals surface area contributed by atoms with E-state index < -0.39 is 5.67 Å². The van der Waals surface area contributed by atoms with Crippen LogP contribution in [0.1, 0.15) is 62.6 Å². The van der Waals surface area contributed by atoms with Crippen LogP contribution in [0, 0.1) is 0 Å². The topological polar surface area (TPSA) is 77.0 Å². The van der Waals surface area contributed by atoms with Crippen molar-refractivity contribution in [3.05, 3.63) is 46.1 Å². The Bertz CT molecular complexity index is 1630. The lowest BCUT2D eigenvalue weighted by atomic mass is 9.88. The van der Waals surface area contributed by atoms with Gasteiger partial charge in [-0.2, -0.15) is 9.97 Å². The van der Waals surface area contributed by atoms with Crippen LogP contribution in [0.3, 0.4) is 0 Å². The lowest BCUT2D eigenvalue weighted by Crippen LogP contribution is -2.52. The number of nitrogens with zero attached hydrogens (tertiary/aromatic N) is 5.